The molecule has 0 spiro atoms. The standard InChI is InChI=1S/C9H16O2S/c1-11-5-2-6-12-9-4-3-8(10)7-9/h9H,2-7H2,1H3. The first-order valence-electron chi connectivity index (χ1n) is 4.45. The van der Waals surface area contributed by atoms with Crippen LogP contribution < -0.4 is 0 Å². The Bertz CT molecular complexity index is 147. The first-order valence-corrected chi connectivity index (χ1v) is 5.50. The third kappa shape index (κ3) is 3.59. The van der Waals surface area contributed by atoms with E-state index >= 15 is 0 Å². The molecule has 0 radical (unpaired) electrons. The van der Waals surface area contributed by atoms with Crippen LogP contribution >= 0.6 is 11.8 Å². The minimum absolute atomic E-state index is 0.444. The van der Waals surface area contributed by atoms with Crippen molar-refractivity contribution in [3.05, 3.63) is 0 Å². The fourth-order valence-corrected chi connectivity index (χ4v) is 2.58. The molecule has 0 amide bonds. The summed E-state index contributed by atoms with van der Waals surface area (Å²) in [4.78, 5) is 10.9. The number of carbonyl (C=O) groups excluding carboxylic acids is 1. The summed E-state index contributed by atoms with van der Waals surface area (Å²) in [5.41, 5.74) is 0. The van der Waals surface area contributed by atoms with Crippen LogP contribution in [0.3, 0.4) is 0 Å². The van der Waals surface area contributed by atoms with E-state index in [1.54, 1.807) is 7.11 Å². The van der Waals surface area contributed by atoms with Gasteiger partial charge in [-0.2, -0.15) is 11.8 Å². The van der Waals surface area contributed by atoms with Gasteiger partial charge in [-0.25, -0.2) is 0 Å². The molecule has 12 heavy (non-hydrogen) atoms. The van der Waals surface area contributed by atoms with Crippen molar-refractivity contribution >= 4 is 17.5 Å². The molecule has 3 heteroatoms. The summed E-state index contributed by atoms with van der Waals surface area (Å²) in [5, 5.41) is 0.606. The number of methoxy groups -OCH3 is 1. The van der Waals surface area contributed by atoms with Gasteiger partial charge in [0.05, 0.1) is 0 Å². The van der Waals surface area contributed by atoms with Crippen molar-refractivity contribution in [1.82, 2.24) is 0 Å². The van der Waals surface area contributed by atoms with E-state index in [1.165, 1.54) is 0 Å². The van der Waals surface area contributed by atoms with Gasteiger partial charge in [0.2, 0.25) is 0 Å². The summed E-state index contributed by atoms with van der Waals surface area (Å²) in [7, 11) is 1.73. The van der Waals surface area contributed by atoms with Gasteiger partial charge in [0.15, 0.2) is 0 Å². The van der Waals surface area contributed by atoms with Crippen LogP contribution in [0.25, 0.3) is 0 Å². The maximum atomic E-state index is 10.9. The van der Waals surface area contributed by atoms with Crippen LogP contribution in [0.1, 0.15) is 25.7 Å². The molecule has 2 nitrogen and oxygen atoms in total. The lowest BCUT2D eigenvalue weighted by Gasteiger charge is -2.06. The predicted octanol–water partition coefficient (Wildman–Crippen LogP) is 1.88. The Morgan fingerprint density at radius 2 is 2.50 bits per heavy atom. The van der Waals surface area contributed by atoms with Crippen molar-refractivity contribution in [2.75, 3.05) is 19.5 Å². The van der Waals surface area contributed by atoms with E-state index in [9.17, 15) is 4.79 Å². The number of hydrogen-bond donors (Lipinski definition) is 0. The van der Waals surface area contributed by atoms with E-state index in [-0.39, 0.29) is 0 Å². The summed E-state index contributed by atoms with van der Waals surface area (Å²) < 4.78 is 4.95. The topological polar surface area (TPSA) is 26.3 Å². The molecule has 0 aliphatic heterocycles. The third-order valence-corrected chi connectivity index (χ3v) is 3.44. The third-order valence-electron chi connectivity index (χ3n) is 2.05. The average Bonchev–Trinajstić information content (AvgIpc) is 2.45. The molecular weight excluding hydrogens is 172 g/mol. The highest BCUT2D eigenvalue weighted by atomic mass is 32.2. The van der Waals surface area contributed by atoms with Gasteiger partial charge >= 0.3 is 0 Å². The lowest BCUT2D eigenvalue weighted by molar-refractivity contribution is -0.117. The minimum Gasteiger partial charge on any atom is -0.385 e. The molecule has 1 unspecified atom stereocenters. The zero-order valence-electron chi connectivity index (χ0n) is 7.54. The summed E-state index contributed by atoms with van der Waals surface area (Å²) in [6, 6.07) is 0. The normalized spacial score (nSPS) is 23.4. The molecule has 1 saturated carbocycles. The lowest BCUT2D eigenvalue weighted by atomic mass is 10.4. The summed E-state index contributed by atoms with van der Waals surface area (Å²) in [5.74, 6) is 1.57. The molecule has 1 aliphatic carbocycles. The molecule has 1 rings (SSSR count). The quantitative estimate of drug-likeness (QED) is 0.616. The monoisotopic (exact) mass is 188 g/mol. The Morgan fingerprint density at radius 1 is 1.67 bits per heavy atom. The van der Waals surface area contributed by atoms with Crippen molar-refractivity contribution in [2.45, 2.75) is 30.9 Å². The van der Waals surface area contributed by atoms with Crippen molar-refractivity contribution < 1.29 is 9.53 Å². The van der Waals surface area contributed by atoms with Crippen LogP contribution in [0, 0.1) is 0 Å². The van der Waals surface area contributed by atoms with Crippen LogP contribution in [0.15, 0.2) is 0 Å². The van der Waals surface area contributed by atoms with Gasteiger partial charge in [0, 0.05) is 31.8 Å². The Labute approximate surface area is 78.1 Å². The molecule has 0 saturated heterocycles. The molecule has 1 aliphatic rings. The van der Waals surface area contributed by atoms with Crippen molar-refractivity contribution in [1.29, 1.82) is 0 Å². The highest BCUT2D eigenvalue weighted by Gasteiger charge is 2.21. The average molecular weight is 188 g/mol. The second kappa shape index (κ2) is 5.60. The van der Waals surface area contributed by atoms with Gasteiger partial charge in [0.1, 0.15) is 5.78 Å². The fraction of sp³-hybridized carbons (Fsp3) is 0.889. The fourth-order valence-electron chi connectivity index (χ4n) is 1.38. The highest BCUT2D eigenvalue weighted by molar-refractivity contribution is 7.99. The van der Waals surface area contributed by atoms with Crippen LogP contribution in [-0.2, 0) is 9.53 Å². The molecule has 1 atom stereocenters. The van der Waals surface area contributed by atoms with Gasteiger partial charge in [-0.1, -0.05) is 0 Å². The van der Waals surface area contributed by atoms with Crippen LogP contribution in [0.4, 0.5) is 0 Å². The SMILES string of the molecule is COCCCSC1CCC(=O)C1. The predicted molar refractivity (Wildman–Crippen MR) is 51.6 cm³/mol. The smallest absolute Gasteiger partial charge is 0.134 e. The second-order valence-electron chi connectivity index (χ2n) is 3.12. The Kier molecular flexibility index (Phi) is 4.69. The molecular formula is C9H16O2S. The number of hydrogen-bond acceptors (Lipinski definition) is 3. The van der Waals surface area contributed by atoms with Crippen molar-refractivity contribution in [3.63, 3.8) is 0 Å². The molecule has 1 fully saturated rings. The Morgan fingerprint density at radius 3 is 3.08 bits per heavy atom. The number of thioether (sulfide) groups is 1. The minimum atomic E-state index is 0.444. The van der Waals surface area contributed by atoms with Gasteiger partial charge in [0.25, 0.3) is 0 Å². The Balaban J connectivity index is 1.97. The lowest BCUT2D eigenvalue weighted by Crippen LogP contribution is -1.99. The molecule has 0 aromatic rings. The maximum Gasteiger partial charge on any atom is 0.134 e. The summed E-state index contributed by atoms with van der Waals surface area (Å²) >= 11 is 1.93. The van der Waals surface area contributed by atoms with Crippen LogP contribution in [0.5, 0.6) is 0 Å². The molecule has 0 aromatic heterocycles. The highest BCUT2D eigenvalue weighted by Crippen LogP contribution is 2.27. The number of rotatable bonds is 5. The molecule has 0 N–H and O–H groups in total. The molecule has 0 aromatic carbocycles. The van der Waals surface area contributed by atoms with E-state index in [4.69, 9.17) is 4.74 Å². The van der Waals surface area contributed by atoms with Crippen LogP contribution in [-0.4, -0.2) is 30.5 Å². The van der Waals surface area contributed by atoms with Crippen LogP contribution in [0.2, 0.25) is 0 Å². The zero-order valence-corrected chi connectivity index (χ0v) is 8.36. The van der Waals surface area contributed by atoms with Gasteiger partial charge < -0.3 is 4.74 Å². The first-order chi connectivity index (χ1) is 5.83. The number of ketones is 1. The second-order valence-corrected chi connectivity index (χ2v) is 4.53. The van der Waals surface area contributed by atoms with Gasteiger partial charge in [-0.05, 0) is 18.6 Å². The molecule has 0 heterocycles. The van der Waals surface area contributed by atoms with Crippen molar-refractivity contribution in [3.8, 4) is 0 Å². The Hall–Kier alpha value is -0.0200. The van der Waals surface area contributed by atoms with Gasteiger partial charge in [-0.15, -0.1) is 0 Å². The largest absolute Gasteiger partial charge is 0.385 e. The zero-order chi connectivity index (χ0) is 8.81. The number of Topliss-reactive ketones (excluding diaryl/α,β-unsaturated/α-hetero) is 1. The summed E-state index contributed by atoms with van der Waals surface area (Å²) in [6.07, 6.45) is 3.81. The van der Waals surface area contributed by atoms with E-state index in [0.29, 0.717) is 11.0 Å². The van der Waals surface area contributed by atoms with Gasteiger partial charge in [-0.3, -0.25) is 4.79 Å². The van der Waals surface area contributed by atoms with E-state index < -0.39 is 0 Å². The molecule has 70 valence electrons. The maximum absolute atomic E-state index is 10.9. The first kappa shape index (κ1) is 10.1. The van der Waals surface area contributed by atoms with E-state index in [0.717, 1.165) is 38.0 Å². The number of ether oxygens (including phenoxy) is 1. The van der Waals surface area contributed by atoms with E-state index in [1.807, 2.05) is 11.8 Å². The molecule has 0 bridgehead atoms. The summed E-state index contributed by atoms with van der Waals surface area (Å²) in [6.45, 7) is 0.841. The number of carbonyl (C=O) groups is 1. The van der Waals surface area contributed by atoms with E-state index in [2.05, 4.69) is 0 Å². The van der Waals surface area contributed by atoms with Crippen molar-refractivity contribution in [2.24, 2.45) is 0 Å².